The van der Waals surface area contributed by atoms with E-state index in [1.165, 1.54) is 6.26 Å². The first kappa shape index (κ1) is 11.9. The molecule has 0 saturated carbocycles. The molecule has 1 aromatic carbocycles. The summed E-state index contributed by atoms with van der Waals surface area (Å²) in [6.07, 6.45) is 3.61. The Balaban J connectivity index is 2.95. The molecule has 0 amide bonds. The summed E-state index contributed by atoms with van der Waals surface area (Å²) in [4.78, 5) is 0.317. The van der Waals surface area contributed by atoms with Gasteiger partial charge in [-0.2, -0.15) is 0 Å². The van der Waals surface area contributed by atoms with Crippen molar-refractivity contribution >= 4 is 9.84 Å². The van der Waals surface area contributed by atoms with Crippen LogP contribution in [0.1, 0.15) is 18.0 Å². The van der Waals surface area contributed by atoms with Crippen LogP contribution in [0.3, 0.4) is 0 Å². The van der Waals surface area contributed by atoms with Crippen LogP contribution in [-0.2, 0) is 9.84 Å². The van der Waals surface area contributed by atoms with Gasteiger partial charge in [0.1, 0.15) is 0 Å². The fourth-order valence-electron chi connectivity index (χ4n) is 1.28. The van der Waals surface area contributed by atoms with Crippen LogP contribution in [0, 0.1) is 0 Å². The van der Waals surface area contributed by atoms with Crippen molar-refractivity contribution in [2.45, 2.75) is 17.4 Å². The minimum atomic E-state index is -3.12. The molecule has 0 spiro atoms. The van der Waals surface area contributed by atoms with Crippen molar-refractivity contribution in [2.75, 3.05) is 6.26 Å². The highest BCUT2D eigenvalue weighted by Crippen LogP contribution is 2.17. The van der Waals surface area contributed by atoms with Gasteiger partial charge in [0.25, 0.3) is 0 Å². The topological polar surface area (TPSA) is 60.2 Å². The molecule has 1 rings (SSSR count). The van der Waals surface area contributed by atoms with Gasteiger partial charge >= 0.3 is 0 Å². The van der Waals surface area contributed by atoms with Crippen molar-refractivity contribution in [3.05, 3.63) is 42.5 Å². The predicted molar refractivity (Wildman–Crippen MR) is 61.3 cm³/mol. The molecule has 82 valence electrons. The molecule has 0 radical (unpaired) electrons. The highest BCUT2D eigenvalue weighted by molar-refractivity contribution is 7.90. The van der Waals surface area contributed by atoms with Crippen molar-refractivity contribution < 1.29 is 8.42 Å². The van der Waals surface area contributed by atoms with Crippen LogP contribution in [0.15, 0.2) is 41.8 Å². The van der Waals surface area contributed by atoms with E-state index in [9.17, 15) is 8.42 Å². The normalized spacial score (nSPS) is 13.5. The average Bonchev–Trinajstić information content (AvgIpc) is 2.17. The van der Waals surface area contributed by atoms with E-state index in [1.54, 1.807) is 30.3 Å². The largest absolute Gasteiger partial charge is 0.324 e. The second-order valence-electron chi connectivity index (χ2n) is 3.47. The van der Waals surface area contributed by atoms with Crippen LogP contribution in [0.4, 0.5) is 0 Å². The minimum Gasteiger partial charge on any atom is -0.324 e. The first-order valence-electron chi connectivity index (χ1n) is 4.61. The Kier molecular flexibility index (Phi) is 3.66. The molecule has 0 bridgehead atoms. The second-order valence-corrected chi connectivity index (χ2v) is 5.49. The first-order valence-corrected chi connectivity index (χ1v) is 6.51. The van der Waals surface area contributed by atoms with Crippen LogP contribution < -0.4 is 5.73 Å². The number of benzene rings is 1. The third kappa shape index (κ3) is 3.18. The standard InChI is InChI=1S/C11H15NO2S/c1-3-4-11(12)9-5-7-10(8-6-9)15(2,13)14/h3,5-8,11H,1,4,12H2,2H3/t11-/m1/s1. The zero-order chi connectivity index (χ0) is 11.5. The van der Waals surface area contributed by atoms with Crippen molar-refractivity contribution in [1.29, 1.82) is 0 Å². The summed E-state index contributed by atoms with van der Waals surface area (Å²) >= 11 is 0. The van der Waals surface area contributed by atoms with Crippen molar-refractivity contribution in [3.63, 3.8) is 0 Å². The highest BCUT2D eigenvalue weighted by Gasteiger charge is 2.08. The van der Waals surface area contributed by atoms with Crippen LogP contribution in [0.25, 0.3) is 0 Å². The molecule has 0 aliphatic rings. The fraction of sp³-hybridized carbons (Fsp3) is 0.273. The van der Waals surface area contributed by atoms with E-state index in [0.717, 1.165) is 5.56 Å². The Morgan fingerprint density at radius 2 is 1.93 bits per heavy atom. The molecule has 0 aromatic heterocycles. The third-order valence-corrected chi connectivity index (χ3v) is 3.29. The number of hydrogen-bond donors (Lipinski definition) is 1. The molecular formula is C11H15NO2S. The zero-order valence-electron chi connectivity index (χ0n) is 8.68. The molecule has 0 aliphatic heterocycles. The van der Waals surface area contributed by atoms with Gasteiger partial charge in [0.2, 0.25) is 0 Å². The van der Waals surface area contributed by atoms with E-state index in [2.05, 4.69) is 6.58 Å². The lowest BCUT2D eigenvalue weighted by atomic mass is 10.1. The number of hydrogen-bond acceptors (Lipinski definition) is 3. The summed E-state index contributed by atoms with van der Waals surface area (Å²) in [7, 11) is -3.12. The summed E-state index contributed by atoms with van der Waals surface area (Å²) in [5.41, 5.74) is 6.76. The maximum atomic E-state index is 11.2. The van der Waals surface area contributed by atoms with Gasteiger partial charge in [0.15, 0.2) is 9.84 Å². The van der Waals surface area contributed by atoms with Gasteiger partial charge in [-0.1, -0.05) is 18.2 Å². The van der Waals surface area contributed by atoms with E-state index in [1.807, 2.05) is 0 Å². The molecule has 4 heteroatoms. The van der Waals surface area contributed by atoms with Gasteiger partial charge in [0.05, 0.1) is 4.90 Å². The lowest BCUT2D eigenvalue weighted by Gasteiger charge is -2.09. The van der Waals surface area contributed by atoms with Crippen LogP contribution in [-0.4, -0.2) is 14.7 Å². The Morgan fingerprint density at radius 3 is 2.33 bits per heavy atom. The molecule has 0 unspecified atom stereocenters. The fourth-order valence-corrected chi connectivity index (χ4v) is 1.91. The molecule has 3 nitrogen and oxygen atoms in total. The summed E-state index contributed by atoms with van der Waals surface area (Å²) < 4.78 is 22.4. The molecule has 0 fully saturated rings. The molecule has 0 saturated heterocycles. The van der Waals surface area contributed by atoms with Crippen LogP contribution in [0.5, 0.6) is 0 Å². The molecule has 0 heterocycles. The molecule has 15 heavy (non-hydrogen) atoms. The zero-order valence-corrected chi connectivity index (χ0v) is 9.50. The van der Waals surface area contributed by atoms with Gasteiger partial charge in [-0.15, -0.1) is 6.58 Å². The second kappa shape index (κ2) is 4.59. The van der Waals surface area contributed by atoms with E-state index in [4.69, 9.17) is 5.73 Å². The van der Waals surface area contributed by atoms with E-state index in [0.29, 0.717) is 11.3 Å². The van der Waals surface area contributed by atoms with Gasteiger partial charge in [-0.05, 0) is 24.1 Å². The number of rotatable bonds is 4. The number of sulfone groups is 1. The molecule has 1 aromatic rings. The van der Waals surface area contributed by atoms with Crippen molar-refractivity contribution in [3.8, 4) is 0 Å². The summed E-state index contributed by atoms with van der Waals surface area (Å²) in [6, 6.07) is 6.52. The Hall–Kier alpha value is -1.13. The highest BCUT2D eigenvalue weighted by atomic mass is 32.2. The lowest BCUT2D eigenvalue weighted by Crippen LogP contribution is -2.09. The third-order valence-electron chi connectivity index (χ3n) is 2.16. The SMILES string of the molecule is C=CC[C@@H](N)c1ccc(S(C)(=O)=O)cc1. The Labute approximate surface area is 90.5 Å². The Morgan fingerprint density at radius 1 is 1.40 bits per heavy atom. The summed E-state index contributed by atoms with van der Waals surface area (Å²) in [5, 5.41) is 0. The molecule has 0 aliphatic carbocycles. The lowest BCUT2D eigenvalue weighted by molar-refractivity contribution is 0.601. The molecular weight excluding hydrogens is 210 g/mol. The summed E-state index contributed by atoms with van der Waals surface area (Å²) in [6.45, 7) is 3.61. The van der Waals surface area contributed by atoms with Crippen LogP contribution >= 0.6 is 0 Å². The quantitative estimate of drug-likeness (QED) is 0.793. The van der Waals surface area contributed by atoms with Gasteiger partial charge in [-0.3, -0.25) is 0 Å². The van der Waals surface area contributed by atoms with E-state index in [-0.39, 0.29) is 6.04 Å². The van der Waals surface area contributed by atoms with Gasteiger partial charge < -0.3 is 5.73 Å². The monoisotopic (exact) mass is 225 g/mol. The van der Waals surface area contributed by atoms with Crippen molar-refractivity contribution in [1.82, 2.24) is 0 Å². The van der Waals surface area contributed by atoms with Crippen LogP contribution in [0.2, 0.25) is 0 Å². The smallest absolute Gasteiger partial charge is 0.175 e. The van der Waals surface area contributed by atoms with E-state index >= 15 is 0 Å². The maximum absolute atomic E-state index is 11.2. The van der Waals surface area contributed by atoms with E-state index < -0.39 is 9.84 Å². The molecule has 2 N–H and O–H groups in total. The van der Waals surface area contributed by atoms with Gasteiger partial charge in [-0.25, -0.2) is 8.42 Å². The first-order chi connectivity index (χ1) is 6.95. The minimum absolute atomic E-state index is 0.115. The Bertz CT molecular complexity index is 434. The maximum Gasteiger partial charge on any atom is 0.175 e. The molecule has 1 atom stereocenters. The average molecular weight is 225 g/mol. The summed E-state index contributed by atoms with van der Waals surface area (Å²) in [5.74, 6) is 0. The van der Waals surface area contributed by atoms with Gasteiger partial charge in [0, 0.05) is 12.3 Å². The van der Waals surface area contributed by atoms with Crippen molar-refractivity contribution in [2.24, 2.45) is 5.73 Å². The predicted octanol–water partition coefficient (Wildman–Crippen LogP) is 1.67. The number of nitrogens with two attached hydrogens (primary N) is 1.